The third kappa shape index (κ3) is 2.34. The summed E-state index contributed by atoms with van der Waals surface area (Å²) in [5, 5.41) is 10.0. The van der Waals surface area contributed by atoms with Gasteiger partial charge in [-0.25, -0.2) is 0 Å². The number of benzene rings is 1. The highest BCUT2D eigenvalue weighted by molar-refractivity contribution is 5.28. The Kier molecular flexibility index (Phi) is 3.67. The third-order valence-electron chi connectivity index (χ3n) is 2.64. The van der Waals surface area contributed by atoms with Crippen molar-refractivity contribution in [1.29, 1.82) is 0 Å². The van der Waals surface area contributed by atoms with Crippen LogP contribution in [-0.2, 0) is 0 Å². The highest BCUT2D eigenvalue weighted by atomic mass is 16.3. The molecule has 1 aromatic rings. The van der Waals surface area contributed by atoms with Crippen LogP contribution in [0.4, 0.5) is 0 Å². The standard InChI is InChI=1S/C12H19NO/c1-8(2)11(13)12(14)10-7-5-4-6-9(10)3/h4-8,11-12,14H,13H2,1-3H3. The van der Waals surface area contributed by atoms with Gasteiger partial charge in [0, 0.05) is 6.04 Å². The fraction of sp³-hybridized carbons (Fsp3) is 0.500. The molecule has 0 aliphatic rings. The van der Waals surface area contributed by atoms with E-state index in [1.165, 1.54) is 0 Å². The first-order chi connectivity index (χ1) is 6.54. The van der Waals surface area contributed by atoms with Crippen molar-refractivity contribution in [2.24, 2.45) is 11.7 Å². The summed E-state index contributed by atoms with van der Waals surface area (Å²) in [7, 11) is 0. The average molecular weight is 193 g/mol. The summed E-state index contributed by atoms with van der Waals surface area (Å²) in [6.07, 6.45) is -0.559. The fourth-order valence-electron chi connectivity index (χ4n) is 1.49. The van der Waals surface area contributed by atoms with Crippen molar-refractivity contribution in [3.05, 3.63) is 35.4 Å². The largest absolute Gasteiger partial charge is 0.387 e. The minimum Gasteiger partial charge on any atom is -0.387 e. The van der Waals surface area contributed by atoms with Gasteiger partial charge in [-0.05, 0) is 24.0 Å². The number of aryl methyl sites for hydroxylation is 1. The van der Waals surface area contributed by atoms with Gasteiger partial charge < -0.3 is 10.8 Å². The van der Waals surface area contributed by atoms with Crippen LogP contribution >= 0.6 is 0 Å². The molecule has 3 N–H and O–H groups in total. The van der Waals surface area contributed by atoms with Crippen LogP contribution in [0.1, 0.15) is 31.1 Å². The molecule has 1 aromatic carbocycles. The second-order valence-electron chi connectivity index (χ2n) is 4.12. The van der Waals surface area contributed by atoms with E-state index in [2.05, 4.69) is 0 Å². The van der Waals surface area contributed by atoms with Crippen molar-refractivity contribution in [3.8, 4) is 0 Å². The van der Waals surface area contributed by atoms with Crippen molar-refractivity contribution in [3.63, 3.8) is 0 Å². The Hall–Kier alpha value is -0.860. The van der Waals surface area contributed by atoms with E-state index in [1.54, 1.807) is 0 Å². The van der Waals surface area contributed by atoms with Crippen LogP contribution < -0.4 is 5.73 Å². The molecule has 2 heteroatoms. The van der Waals surface area contributed by atoms with Gasteiger partial charge in [-0.2, -0.15) is 0 Å². The number of hydrogen-bond acceptors (Lipinski definition) is 2. The van der Waals surface area contributed by atoms with Crippen LogP contribution in [0.2, 0.25) is 0 Å². The molecule has 78 valence electrons. The van der Waals surface area contributed by atoms with Gasteiger partial charge in [0.2, 0.25) is 0 Å². The van der Waals surface area contributed by atoms with Crippen molar-refractivity contribution in [2.45, 2.75) is 32.9 Å². The van der Waals surface area contributed by atoms with Gasteiger partial charge in [0.1, 0.15) is 0 Å². The first kappa shape index (κ1) is 11.2. The Labute approximate surface area is 85.8 Å². The molecular formula is C12H19NO. The second-order valence-corrected chi connectivity index (χ2v) is 4.12. The molecule has 2 unspecified atom stereocenters. The minimum atomic E-state index is -0.559. The average Bonchev–Trinajstić information content (AvgIpc) is 2.16. The van der Waals surface area contributed by atoms with E-state index in [0.29, 0.717) is 0 Å². The summed E-state index contributed by atoms with van der Waals surface area (Å²) in [5.74, 6) is 0.282. The van der Waals surface area contributed by atoms with E-state index in [1.807, 2.05) is 45.0 Å². The molecule has 1 rings (SSSR count). The van der Waals surface area contributed by atoms with Gasteiger partial charge in [0.15, 0.2) is 0 Å². The van der Waals surface area contributed by atoms with Crippen molar-refractivity contribution >= 4 is 0 Å². The Balaban J connectivity index is 2.89. The lowest BCUT2D eigenvalue weighted by Crippen LogP contribution is -2.33. The van der Waals surface area contributed by atoms with E-state index in [4.69, 9.17) is 5.73 Å². The predicted octanol–water partition coefficient (Wildman–Crippen LogP) is 2.01. The Morgan fingerprint density at radius 2 is 1.79 bits per heavy atom. The van der Waals surface area contributed by atoms with Crippen molar-refractivity contribution < 1.29 is 5.11 Å². The van der Waals surface area contributed by atoms with E-state index < -0.39 is 6.10 Å². The zero-order valence-electron chi connectivity index (χ0n) is 9.07. The van der Waals surface area contributed by atoms with Gasteiger partial charge in [-0.3, -0.25) is 0 Å². The van der Waals surface area contributed by atoms with Gasteiger partial charge in [-0.15, -0.1) is 0 Å². The van der Waals surface area contributed by atoms with Crippen LogP contribution in [-0.4, -0.2) is 11.1 Å². The molecule has 0 spiro atoms. The number of rotatable bonds is 3. The molecule has 0 amide bonds. The van der Waals surface area contributed by atoms with E-state index >= 15 is 0 Å². The lowest BCUT2D eigenvalue weighted by molar-refractivity contribution is 0.125. The number of nitrogens with two attached hydrogens (primary N) is 1. The maximum atomic E-state index is 10.0. The monoisotopic (exact) mass is 193 g/mol. The molecule has 0 bridgehead atoms. The van der Waals surface area contributed by atoms with E-state index in [9.17, 15) is 5.11 Å². The topological polar surface area (TPSA) is 46.2 Å². The van der Waals surface area contributed by atoms with Crippen LogP contribution in [0.15, 0.2) is 24.3 Å². The lowest BCUT2D eigenvalue weighted by atomic mass is 9.92. The van der Waals surface area contributed by atoms with E-state index in [0.717, 1.165) is 11.1 Å². The molecule has 2 nitrogen and oxygen atoms in total. The Morgan fingerprint density at radius 1 is 1.21 bits per heavy atom. The Bertz CT molecular complexity index is 296. The molecule has 0 saturated heterocycles. The zero-order valence-corrected chi connectivity index (χ0v) is 9.07. The number of aliphatic hydroxyl groups excluding tert-OH is 1. The molecule has 0 heterocycles. The van der Waals surface area contributed by atoms with Gasteiger partial charge in [0.05, 0.1) is 6.10 Å². The van der Waals surface area contributed by atoms with Gasteiger partial charge in [0.25, 0.3) is 0 Å². The summed E-state index contributed by atoms with van der Waals surface area (Å²) >= 11 is 0. The molecule has 0 radical (unpaired) electrons. The SMILES string of the molecule is Cc1ccccc1C(O)C(N)C(C)C. The second kappa shape index (κ2) is 4.58. The number of aliphatic hydroxyl groups is 1. The maximum Gasteiger partial charge on any atom is 0.0945 e. The highest BCUT2D eigenvalue weighted by Crippen LogP contribution is 2.22. The van der Waals surface area contributed by atoms with Crippen molar-refractivity contribution in [1.82, 2.24) is 0 Å². The fourth-order valence-corrected chi connectivity index (χ4v) is 1.49. The molecule has 2 atom stereocenters. The molecular weight excluding hydrogens is 174 g/mol. The molecule has 0 fully saturated rings. The quantitative estimate of drug-likeness (QED) is 0.771. The smallest absolute Gasteiger partial charge is 0.0945 e. The molecule has 0 aliphatic heterocycles. The lowest BCUT2D eigenvalue weighted by Gasteiger charge is -2.23. The molecule has 14 heavy (non-hydrogen) atoms. The van der Waals surface area contributed by atoms with Gasteiger partial charge >= 0.3 is 0 Å². The maximum absolute atomic E-state index is 10.0. The molecule has 0 aromatic heterocycles. The Morgan fingerprint density at radius 3 is 2.29 bits per heavy atom. The highest BCUT2D eigenvalue weighted by Gasteiger charge is 2.20. The molecule has 0 saturated carbocycles. The summed E-state index contributed by atoms with van der Waals surface area (Å²) in [5.41, 5.74) is 7.94. The van der Waals surface area contributed by atoms with Crippen LogP contribution in [0.3, 0.4) is 0 Å². The summed E-state index contributed by atoms with van der Waals surface area (Å²) in [4.78, 5) is 0. The first-order valence-electron chi connectivity index (χ1n) is 5.03. The minimum absolute atomic E-state index is 0.198. The zero-order chi connectivity index (χ0) is 10.7. The van der Waals surface area contributed by atoms with Crippen LogP contribution in [0.5, 0.6) is 0 Å². The first-order valence-corrected chi connectivity index (χ1v) is 5.03. The van der Waals surface area contributed by atoms with Crippen LogP contribution in [0, 0.1) is 12.8 Å². The number of hydrogen-bond donors (Lipinski definition) is 2. The third-order valence-corrected chi connectivity index (χ3v) is 2.64. The molecule has 0 aliphatic carbocycles. The summed E-state index contributed by atoms with van der Waals surface area (Å²) in [6, 6.07) is 7.62. The summed E-state index contributed by atoms with van der Waals surface area (Å²) < 4.78 is 0. The van der Waals surface area contributed by atoms with Crippen LogP contribution in [0.25, 0.3) is 0 Å². The van der Waals surface area contributed by atoms with Crippen molar-refractivity contribution in [2.75, 3.05) is 0 Å². The summed E-state index contributed by atoms with van der Waals surface area (Å²) in [6.45, 7) is 6.03. The van der Waals surface area contributed by atoms with E-state index in [-0.39, 0.29) is 12.0 Å². The predicted molar refractivity (Wildman–Crippen MR) is 59.0 cm³/mol. The normalized spacial score (nSPS) is 15.6. The van der Waals surface area contributed by atoms with Gasteiger partial charge in [-0.1, -0.05) is 38.1 Å².